The Morgan fingerprint density at radius 3 is 2.90 bits per heavy atom. The van der Waals surface area contributed by atoms with Crippen LogP contribution in [0.3, 0.4) is 0 Å². The number of anilines is 1. The molecular weight excluding hydrogens is 313 g/mol. The first-order valence-electron chi connectivity index (χ1n) is 6.68. The van der Waals surface area contributed by atoms with Gasteiger partial charge in [0, 0.05) is 0 Å². The smallest absolute Gasteiger partial charge is 0.223 e. The molecule has 2 unspecified atom stereocenters. The van der Waals surface area contributed by atoms with Crippen LogP contribution >= 0.6 is 18.7 Å². The van der Waals surface area contributed by atoms with E-state index in [1.165, 1.54) is 0 Å². The third kappa shape index (κ3) is 2.91. The summed E-state index contributed by atoms with van der Waals surface area (Å²) in [5.74, 6) is -0.0355. The van der Waals surface area contributed by atoms with Crippen molar-refractivity contribution in [3.05, 3.63) is 11.5 Å². The van der Waals surface area contributed by atoms with Gasteiger partial charge in [-0.05, 0) is 26.2 Å². The van der Waals surface area contributed by atoms with Crippen molar-refractivity contribution in [3.63, 3.8) is 0 Å². The van der Waals surface area contributed by atoms with E-state index in [1.54, 1.807) is 19.7 Å². The van der Waals surface area contributed by atoms with Crippen molar-refractivity contribution in [2.24, 2.45) is 0 Å². The van der Waals surface area contributed by atoms with Crippen molar-refractivity contribution >= 4 is 35.9 Å². The molecule has 3 rings (SSSR count). The van der Waals surface area contributed by atoms with Crippen LogP contribution in [0.2, 0.25) is 5.15 Å². The van der Waals surface area contributed by atoms with Crippen LogP contribution in [0.5, 0.6) is 0 Å². The molecule has 9 heteroatoms. The summed E-state index contributed by atoms with van der Waals surface area (Å²) < 4.78 is 19.8. The molecule has 0 radical (unpaired) electrons. The van der Waals surface area contributed by atoms with E-state index in [9.17, 15) is 4.57 Å². The van der Waals surface area contributed by atoms with Crippen LogP contribution in [-0.4, -0.2) is 44.8 Å². The van der Waals surface area contributed by atoms with Crippen molar-refractivity contribution in [3.8, 4) is 0 Å². The molecule has 0 aliphatic carbocycles. The van der Waals surface area contributed by atoms with Crippen LogP contribution in [0.1, 0.15) is 12.8 Å². The summed E-state index contributed by atoms with van der Waals surface area (Å²) in [6.07, 6.45) is 3.33. The Labute approximate surface area is 127 Å². The molecule has 0 amide bonds. The fraction of sp³-hybridized carbons (Fsp3) is 0.583. The summed E-state index contributed by atoms with van der Waals surface area (Å²) in [7, 11) is -2.22. The highest BCUT2D eigenvalue weighted by atomic mass is 35.5. The lowest BCUT2D eigenvalue weighted by molar-refractivity contribution is 0.0749. The second-order valence-corrected chi connectivity index (χ2v) is 9.47. The molecule has 114 valence electrons. The van der Waals surface area contributed by atoms with Gasteiger partial charge in [0.1, 0.15) is 18.5 Å². The van der Waals surface area contributed by atoms with E-state index in [2.05, 4.69) is 15.0 Å². The molecule has 2 aromatic rings. The maximum atomic E-state index is 12.1. The first-order valence-corrected chi connectivity index (χ1v) is 9.73. The topological polar surface area (TPSA) is 95.9 Å². The van der Waals surface area contributed by atoms with Gasteiger partial charge in [-0.1, -0.05) is 11.6 Å². The largest absolute Gasteiger partial charge is 0.368 e. The van der Waals surface area contributed by atoms with Crippen LogP contribution in [-0.2, 0) is 15.8 Å². The average molecular weight is 330 g/mol. The van der Waals surface area contributed by atoms with Gasteiger partial charge in [0.25, 0.3) is 0 Å². The Hall–Kier alpha value is -1.17. The lowest BCUT2D eigenvalue weighted by Gasteiger charge is -2.17. The van der Waals surface area contributed by atoms with Crippen LogP contribution in [0.4, 0.5) is 5.95 Å². The molecule has 2 N–H and O–H groups in total. The zero-order valence-corrected chi connectivity index (χ0v) is 13.5. The number of halogens is 1. The van der Waals surface area contributed by atoms with Gasteiger partial charge in [-0.25, -0.2) is 4.98 Å². The number of nitrogens with zero attached hydrogens (tertiary/aromatic N) is 4. The first kappa shape index (κ1) is 14.8. The minimum Gasteiger partial charge on any atom is -0.368 e. The summed E-state index contributed by atoms with van der Waals surface area (Å²) in [6, 6.07) is 0. The van der Waals surface area contributed by atoms with Crippen LogP contribution < -0.4 is 5.73 Å². The monoisotopic (exact) mass is 329 g/mol. The number of rotatable bonds is 3. The molecule has 1 aliphatic rings. The van der Waals surface area contributed by atoms with Crippen molar-refractivity contribution in [1.82, 2.24) is 19.5 Å². The Kier molecular flexibility index (Phi) is 3.67. The van der Waals surface area contributed by atoms with Crippen molar-refractivity contribution in [2.45, 2.75) is 31.3 Å². The van der Waals surface area contributed by atoms with E-state index < -0.39 is 7.14 Å². The number of ether oxygens (including phenoxy) is 1. The van der Waals surface area contributed by atoms with E-state index in [4.69, 9.17) is 22.1 Å². The molecule has 0 aromatic carbocycles. The van der Waals surface area contributed by atoms with E-state index in [0.717, 1.165) is 12.8 Å². The van der Waals surface area contributed by atoms with E-state index >= 15 is 0 Å². The van der Waals surface area contributed by atoms with E-state index in [1.807, 2.05) is 4.57 Å². The van der Waals surface area contributed by atoms with Gasteiger partial charge in [0.05, 0.1) is 19.0 Å². The second-order valence-electron chi connectivity index (χ2n) is 5.67. The Morgan fingerprint density at radius 1 is 1.48 bits per heavy atom. The Bertz CT molecular complexity index is 728. The second kappa shape index (κ2) is 5.23. The predicted octanol–water partition coefficient (Wildman–Crippen LogP) is 2.19. The minimum atomic E-state index is -2.22. The molecule has 21 heavy (non-hydrogen) atoms. The van der Waals surface area contributed by atoms with Crippen molar-refractivity contribution in [1.29, 1.82) is 0 Å². The summed E-state index contributed by atoms with van der Waals surface area (Å²) >= 11 is 6.00. The molecule has 7 nitrogen and oxygen atoms in total. The molecule has 1 aliphatic heterocycles. The predicted molar refractivity (Wildman–Crippen MR) is 82.1 cm³/mol. The van der Waals surface area contributed by atoms with Crippen LogP contribution in [0, 0.1) is 0 Å². The number of nitrogen functional groups attached to an aromatic ring is 1. The summed E-state index contributed by atoms with van der Waals surface area (Å²) in [4.78, 5) is 12.3. The van der Waals surface area contributed by atoms with Crippen LogP contribution in [0.15, 0.2) is 6.33 Å². The molecule has 0 bridgehead atoms. The first-order chi connectivity index (χ1) is 9.84. The van der Waals surface area contributed by atoms with Gasteiger partial charge in [0.2, 0.25) is 5.95 Å². The third-order valence-electron chi connectivity index (χ3n) is 3.62. The molecule has 1 fully saturated rings. The molecule has 1 saturated heterocycles. The molecule has 0 spiro atoms. The highest BCUT2D eigenvalue weighted by molar-refractivity contribution is 7.62. The maximum Gasteiger partial charge on any atom is 0.223 e. The van der Waals surface area contributed by atoms with Crippen molar-refractivity contribution in [2.75, 3.05) is 19.1 Å². The van der Waals surface area contributed by atoms with Gasteiger partial charge in [-0.2, -0.15) is 9.97 Å². The lowest BCUT2D eigenvalue weighted by atomic mass is 10.2. The van der Waals surface area contributed by atoms with Gasteiger partial charge < -0.3 is 19.6 Å². The molecule has 0 saturated carbocycles. The SMILES string of the molecule is CP(C)(=O)C1CCC(Cn2cnc3c(Cl)nc(N)nc32)O1. The summed E-state index contributed by atoms with van der Waals surface area (Å²) in [6.45, 7) is 4.11. The Balaban J connectivity index is 1.82. The quantitative estimate of drug-likeness (QED) is 0.685. The molecular formula is C12H17ClN5O2P. The fourth-order valence-corrected chi connectivity index (χ4v) is 4.01. The number of fused-ring (bicyclic) bond motifs is 1. The molecule has 3 heterocycles. The highest BCUT2D eigenvalue weighted by Gasteiger charge is 2.33. The maximum absolute atomic E-state index is 12.1. The molecule has 2 atom stereocenters. The number of nitrogens with two attached hydrogens (primary N) is 1. The van der Waals surface area contributed by atoms with Gasteiger partial charge in [0.15, 0.2) is 10.8 Å². The highest BCUT2D eigenvalue weighted by Crippen LogP contribution is 2.49. The normalized spacial score (nSPS) is 23.0. The lowest BCUT2D eigenvalue weighted by Crippen LogP contribution is -2.17. The standard InChI is InChI=1S/C12H17ClN5O2P/c1-21(2,19)8-4-3-7(20-8)5-18-6-15-9-10(13)16-12(14)17-11(9)18/h6-8H,3-5H2,1-2H3,(H2,14,16,17). The number of aromatic nitrogens is 4. The van der Waals surface area contributed by atoms with Crippen LogP contribution in [0.25, 0.3) is 11.2 Å². The minimum absolute atomic E-state index is 0.00408. The number of imidazole rings is 1. The van der Waals surface area contributed by atoms with Gasteiger partial charge in [-0.3, -0.25) is 0 Å². The van der Waals surface area contributed by atoms with Crippen molar-refractivity contribution < 1.29 is 9.30 Å². The number of hydrogen-bond acceptors (Lipinski definition) is 6. The van der Waals surface area contributed by atoms with Gasteiger partial charge >= 0.3 is 0 Å². The third-order valence-corrected chi connectivity index (χ3v) is 5.65. The molecule has 2 aromatic heterocycles. The zero-order chi connectivity index (χ0) is 15.2. The summed E-state index contributed by atoms with van der Waals surface area (Å²) in [5.41, 5.74) is 6.74. The van der Waals surface area contributed by atoms with E-state index in [-0.39, 0.29) is 23.1 Å². The fourth-order valence-electron chi connectivity index (χ4n) is 2.56. The summed E-state index contributed by atoms with van der Waals surface area (Å²) in [5, 5.41) is 0.244. The number of hydrogen-bond donors (Lipinski definition) is 1. The average Bonchev–Trinajstić information content (AvgIpc) is 2.97. The zero-order valence-electron chi connectivity index (χ0n) is 11.9. The van der Waals surface area contributed by atoms with E-state index in [0.29, 0.717) is 17.7 Å². The Morgan fingerprint density at radius 2 is 2.24 bits per heavy atom. The van der Waals surface area contributed by atoms with Gasteiger partial charge in [-0.15, -0.1) is 0 Å².